The molecule has 0 atom stereocenters. The van der Waals surface area contributed by atoms with E-state index in [0.717, 1.165) is 0 Å². The predicted octanol–water partition coefficient (Wildman–Crippen LogP) is 3.20. The van der Waals surface area contributed by atoms with E-state index in [1.807, 2.05) is 13.8 Å². The van der Waals surface area contributed by atoms with Crippen molar-refractivity contribution in [3.63, 3.8) is 0 Å². The van der Waals surface area contributed by atoms with Crippen LogP contribution in [0.5, 0.6) is 0 Å². The lowest BCUT2D eigenvalue weighted by atomic mass is 9.99. The van der Waals surface area contributed by atoms with Crippen LogP contribution in [0.1, 0.15) is 44.2 Å². The maximum atomic E-state index is 12.0. The first kappa shape index (κ1) is 18.3. The van der Waals surface area contributed by atoms with Crippen LogP contribution in [0.4, 0.5) is 5.69 Å². The molecule has 0 fully saturated rings. The Bertz CT molecular complexity index is 725. The van der Waals surface area contributed by atoms with Crippen molar-refractivity contribution in [3.05, 3.63) is 23.3 Å². The second kappa shape index (κ2) is 6.54. The van der Waals surface area contributed by atoms with Gasteiger partial charge in [-0.15, -0.1) is 0 Å². The third kappa shape index (κ3) is 4.86. The number of hydrogen-bond acceptors (Lipinski definition) is 4. The second-order valence-electron chi connectivity index (χ2n) is 5.22. The zero-order valence-electron chi connectivity index (χ0n) is 12.5. The van der Waals surface area contributed by atoms with Crippen LogP contribution >= 0.6 is 10.7 Å². The van der Waals surface area contributed by atoms with Crippen LogP contribution in [0, 0.1) is 6.92 Å². The summed E-state index contributed by atoms with van der Waals surface area (Å²) in [5.74, 6) is -0.0408. The summed E-state index contributed by atoms with van der Waals surface area (Å²) in [6.07, 6.45) is 0.500. The monoisotopic (exact) mass is 353 g/mol. The summed E-state index contributed by atoms with van der Waals surface area (Å²) >= 11 is 0. The molecule has 0 radical (unpaired) electrons. The molecule has 1 rings (SSSR count). The third-order valence-corrected chi connectivity index (χ3v) is 5.77. The van der Waals surface area contributed by atoms with Crippen molar-refractivity contribution in [2.75, 3.05) is 10.5 Å². The smallest absolute Gasteiger partial charge is 0.261 e. The van der Waals surface area contributed by atoms with Gasteiger partial charge in [0.05, 0.1) is 16.3 Å². The minimum Gasteiger partial charge on any atom is -0.283 e. The lowest BCUT2D eigenvalue weighted by Crippen LogP contribution is -2.18. The average Bonchev–Trinajstić information content (AvgIpc) is 2.29. The van der Waals surface area contributed by atoms with Crippen molar-refractivity contribution in [2.24, 2.45) is 0 Å². The SMILES string of the molecule is CCCS(=O)(=O)Nc1c(C)cc(S(=O)(=O)Cl)cc1C(C)C. The quantitative estimate of drug-likeness (QED) is 0.796. The minimum atomic E-state index is -3.86. The van der Waals surface area contributed by atoms with Gasteiger partial charge in [0.15, 0.2) is 0 Å². The normalized spacial score (nSPS) is 12.7. The molecule has 8 heteroatoms. The highest BCUT2D eigenvalue weighted by molar-refractivity contribution is 8.13. The van der Waals surface area contributed by atoms with E-state index in [1.54, 1.807) is 13.8 Å². The maximum Gasteiger partial charge on any atom is 0.261 e. The van der Waals surface area contributed by atoms with Gasteiger partial charge in [-0.1, -0.05) is 20.8 Å². The number of rotatable bonds is 6. The number of anilines is 1. The van der Waals surface area contributed by atoms with Gasteiger partial charge in [-0.3, -0.25) is 4.72 Å². The van der Waals surface area contributed by atoms with E-state index in [2.05, 4.69) is 4.72 Å². The fourth-order valence-electron chi connectivity index (χ4n) is 1.99. The van der Waals surface area contributed by atoms with Gasteiger partial charge in [-0.05, 0) is 42.5 Å². The molecule has 120 valence electrons. The van der Waals surface area contributed by atoms with Crippen LogP contribution in [0.15, 0.2) is 17.0 Å². The molecule has 0 heterocycles. The van der Waals surface area contributed by atoms with Gasteiger partial charge in [0.2, 0.25) is 10.0 Å². The van der Waals surface area contributed by atoms with E-state index in [4.69, 9.17) is 10.7 Å². The van der Waals surface area contributed by atoms with Gasteiger partial charge in [0, 0.05) is 10.7 Å². The highest BCUT2D eigenvalue weighted by Crippen LogP contribution is 2.32. The molecule has 21 heavy (non-hydrogen) atoms. The first-order chi connectivity index (χ1) is 9.48. The van der Waals surface area contributed by atoms with Crippen molar-refractivity contribution in [1.82, 2.24) is 0 Å². The summed E-state index contributed by atoms with van der Waals surface area (Å²) in [6, 6.07) is 2.79. The molecule has 5 nitrogen and oxygen atoms in total. The van der Waals surface area contributed by atoms with E-state index in [-0.39, 0.29) is 16.6 Å². The zero-order chi connectivity index (χ0) is 16.4. The first-order valence-electron chi connectivity index (χ1n) is 6.57. The number of hydrogen-bond donors (Lipinski definition) is 1. The summed E-state index contributed by atoms with van der Waals surface area (Å²) in [5.41, 5.74) is 1.57. The molecule has 0 aliphatic carbocycles. The summed E-state index contributed by atoms with van der Waals surface area (Å²) in [4.78, 5) is -0.0243. The van der Waals surface area contributed by atoms with Crippen molar-refractivity contribution in [1.29, 1.82) is 0 Å². The van der Waals surface area contributed by atoms with Crippen molar-refractivity contribution < 1.29 is 16.8 Å². The molecule has 0 aromatic heterocycles. The highest BCUT2D eigenvalue weighted by atomic mass is 35.7. The van der Waals surface area contributed by atoms with E-state index in [1.165, 1.54) is 12.1 Å². The Balaban J connectivity index is 3.46. The number of benzene rings is 1. The molecular formula is C13H20ClNO4S2. The van der Waals surface area contributed by atoms with Crippen molar-refractivity contribution >= 4 is 35.4 Å². The Morgan fingerprint density at radius 3 is 2.19 bits per heavy atom. The van der Waals surface area contributed by atoms with Gasteiger partial charge >= 0.3 is 0 Å². The molecule has 1 aromatic rings. The zero-order valence-corrected chi connectivity index (χ0v) is 14.9. The van der Waals surface area contributed by atoms with Gasteiger partial charge in [-0.2, -0.15) is 0 Å². The van der Waals surface area contributed by atoms with E-state index in [9.17, 15) is 16.8 Å². The summed E-state index contributed by atoms with van der Waals surface area (Å²) in [6.45, 7) is 7.15. The van der Waals surface area contributed by atoms with Crippen LogP contribution in [-0.4, -0.2) is 22.6 Å². The topological polar surface area (TPSA) is 80.3 Å². The van der Waals surface area contributed by atoms with Crippen LogP contribution in [-0.2, 0) is 19.1 Å². The first-order valence-corrected chi connectivity index (χ1v) is 10.5. The molecule has 1 N–H and O–H groups in total. The van der Waals surface area contributed by atoms with Crippen molar-refractivity contribution in [2.45, 2.75) is 44.9 Å². The molecule has 0 unspecified atom stereocenters. The van der Waals surface area contributed by atoms with Gasteiger partial charge in [0.25, 0.3) is 9.05 Å². The molecule has 0 aliphatic heterocycles. The van der Waals surface area contributed by atoms with Crippen LogP contribution in [0.25, 0.3) is 0 Å². The minimum absolute atomic E-state index is 0.0134. The summed E-state index contributed by atoms with van der Waals surface area (Å²) in [7, 11) is -1.93. The van der Waals surface area contributed by atoms with Crippen molar-refractivity contribution in [3.8, 4) is 0 Å². The van der Waals surface area contributed by atoms with Crippen LogP contribution in [0.2, 0.25) is 0 Å². The Labute approximate surface area is 131 Å². The maximum absolute atomic E-state index is 12.0. The van der Waals surface area contributed by atoms with Gasteiger partial charge < -0.3 is 0 Å². The Morgan fingerprint density at radius 1 is 1.19 bits per heavy atom. The number of halogens is 1. The van der Waals surface area contributed by atoms with Crippen LogP contribution < -0.4 is 4.72 Å². The van der Waals surface area contributed by atoms with Gasteiger partial charge in [-0.25, -0.2) is 16.8 Å². The second-order valence-corrected chi connectivity index (χ2v) is 9.63. The molecule has 0 spiro atoms. The lowest BCUT2D eigenvalue weighted by Gasteiger charge is -2.18. The standard InChI is InChI=1S/C13H20ClNO4S2/c1-5-6-20(16,17)15-13-10(4)7-11(21(14,18)19)8-12(13)9(2)3/h7-9,15H,5-6H2,1-4H3. The highest BCUT2D eigenvalue weighted by Gasteiger charge is 2.20. The molecule has 1 aromatic carbocycles. The average molecular weight is 354 g/mol. The number of nitrogens with one attached hydrogen (secondary N) is 1. The number of aryl methyl sites for hydroxylation is 1. The Kier molecular flexibility index (Phi) is 5.69. The molecule has 0 aliphatic rings. The summed E-state index contributed by atoms with van der Waals surface area (Å²) < 4.78 is 49.4. The number of sulfonamides is 1. The van der Waals surface area contributed by atoms with Gasteiger partial charge in [0.1, 0.15) is 0 Å². The lowest BCUT2D eigenvalue weighted by molar-refractivity contribution is 0.599. The molecule has 0 saturated carbocycles. The fraction of sp³-hybridized carbons (Fsp3) is 0.538. The molecule has 0 amide bonds. The molecule has 0 bridgehead atoms. The Hall–Kier alpha value is -0.790. The third-order valence-electron chi connectivity index (χ3n) is 2.97. The molecular weight excluding hydrogens is 334 g/mol. The largest absolute Gasteiger partial charge is 0.283 e. The fourth-order valence-corrected chi connectivity index (χ4v) is 4.07. The Morgan fingerprint density at radius 2 is 1.76 bits per heavy atom. The van der Waals surface area contributed by atoms with Crippen LogP contribution in [0.3, 0.4) is 0 Å². The predicted molar refractivity (Wildman–Crippen MR) is 86.0 cm³/mol. The van der Waals surface area contributed by atoms with E-state index >= 15 is 0 Å². The van der Waals surface area contributed by atoms with E-state index in [0.29, 0.717) is 23.2 Å². The van der Waals surface area contributed by atoms with E-state index < -0.39 is 19.1 Å². The summed E-state index contributed by atoms with van der Waals surface area (Å²) in [5, 5.41) is 0. The molecule has 0 saturated heterocycles.